The Hall–Kier alpha value is -3.11. The van der Waals surface area contributed by atoms with Crippen molar-refractivity contribution < 1.29 is 9.53 Å². The van der Waals surface area contributed by atoms with Gasteiger partial charge in [0.1, 0.15) is 5.75 Å². The lowest BCUT2D eigenvalue weighted by Crippen LogP contribution is -2.52. The summed E-state index contributed by atoms with van der Waals surface area (Å²) in [6.07, 6.45) is 1.79. The molecule has 0 aromatic heterocycles. The summed E-state index contributed by atoms with van der Waals surface area (Å²) in [5.41, 5.74) is 4.53. The Morgan fingerprint density at radius 3 is 2.19 bits per heavy atom. The molecule has 1 heterocycles. The van der Waals surface area contributed by atoms with Gasteiger partial charge in [-0.1, -0.05) is 72.8 Å². The Labute approximate surface area is 184 Å². The van der Waals surface area contributed by atoms with Gasteiger partial charge in [0.25, 0.3) is 0 Å². The molecule has 1 aliphatic rings. The van der Waals surface area contributed by atoms with E-state index in [-0.39, 0.29) is 11.4 Å². The molecule has 3 aromatic rings. The quantitative estimate of drug-likeness (QED) is 0.618. The summed E-state index contributed by atoms with van der Waals surface area (Å²) >= 11 is 0. The SMILES string of the molecule is COc1ccccc1-c1ccccc1CN1CCC(NC(C)=O)(c2ccccc2)CC1. The van der Waals surface area contributed by atoms with Gasteiger partial charge in [-0.3, -0.25) is 9.69 Å². The zero-order valence-electron chi connectivity index (χ0n) is 18.3. The van der Waals surface area contributed by atoms with Crippen LogP contribution in [0.3, 0.4) is 0 Å². The van der Waals surface area contributed by atoms with Crippen LogP contribution in [-0.2, 0) is 16.9 Å². The largest absolute Gasteiger partial charge is 0.496 e. The summed E-state index contributed by atoms with van der Waals surface area (Å²) in [6.45, 7) is 4.34. The fourth-order valence-electron chi connectivity index (χ4n) is 4.70. The lowest BCUT2D eigenvalue weighted by atomic mass is 9.80. The van der Waals surface area contributed by atoms with Gasteiger partial charge < -0.3 is 10.1 Å². The minimum absolute atomic E-state index is 0.0267. The third-order valence-electron chi connectivity index (χ3n) is 6.26. The molecule has 4 heteroatoms. The molecule has 160 valence electrons. The van der Waals surface area contributed by atoms with Crippen molar-refractivity contribution in [3.63, 3.8) is 0 Å². The van der Waals surface area contributed by atoms with Crippen molar-refractivity contribution in [2.45, 2.75) is 31.8 Å². The molecule has 0 bridgehead atoms. The van der Waals surface area contributed by atoms with E-state index in [0.717, 1.165) is 43.8 Å². The van der Waals surface area contributed by atoms with E-state index < -0.39 is 0 Å². The van der Waals surface area contributed by atoms with Crippen LogP contribution in [-0.4, -0.2) is 31.0 Å². The minimum Gasteiger partial charge on any atom is -0.496 e. The topological polar surface area (TPSA) is 41.6 Å². The predicted molar refractivity (Wildman–Crippen MR) is 125 cm³/mol. The van der Waals surface area contributed by atoms with Gasteiger partial charge in [-0.2, -0.15) is 0 Å². The van der Waals surface area contributed by atoms with Crippen molar-refractivity contribution >= 4 is 5.91 Å². The van der Waals surface area contributed by atoms with E-state index in [4.69, 9.17) is 4.74 Å². The molecule has 4 nitrogen and oxygen atoms in total. The number of nitrogens with zero attached hydrogens (tertiary/aromatic N) is 1. The molecule has 0 aliphatic carbocycles. The van der Waals surface area contributed by atoms with E-state index in [2.05, 4.69) is 70.9 Å². The normalized spacial score (nSPS) is 15.9. The van der Waals surface area contributed by atoms with Crippen LogP contribution in [0, 0.1) is 0 Å². The second-order valence-electron chi connectivity index (χ2n) is 8.26. The van der Waals surface area contributed by atoms with Gasteiger partial charge >= 0.3 is 0 Å². The Balaban J connectivity index is 1.54. The van der Waals surface area contributed by atoms with Gasteiger partial charge in [0.2, 0.25) is 5.91 Å². The summed E-state index contributed by atoms with van der Waals surface area (Å²) in [7, 11) is 1.72. The van der Waals surface area contributed by atoms with Crippen LogP contribution >= 0.6 is 0 Å². The van der Waals surface area contributed by atoms with Gasteiger partial charge in [0.05, 0.1) is 12.6 Å². The fourth-order valence-corrected chi connectivity index (χ4v) is 4.70. The highest BCUT2D eigenvalue weighted by Gasteiger charge is 2.36. The first-order chi connectivity index (χ1) is 15.1. The number of rotatable bonds is 6. The summed E-state index contributed by atoms with van der Waals surface area (Å²) in [5.74, 6) is 0.918. The predicted octanol–water partition coefficient (Wildman–Crippen LogP) is 4.99. The Morgan fingerprint density at radius 1 is 0.903 bits per heavy atom. The van der Waals surface area contributed by atoms with Crippen molar-refractivity contribution in [3.05, 3.63) is 90.0 Å². The minimum atomic E-state index is -0.286. The maximum Gasteiger partial charge on any atom is 0.217 e. The second-order valence-corrected chi connectivity index (χ2v) is 8.26. The van der Waals surface area contributed by atoms with Crippen molar-refractivity contribution in [2.24, 2.45) is 0 Å². The lowest BCUT2D eigenvalue weighted by Gasteiger charge is -2.43. The molecule has 1 fully saturated rings. The molecule has 3 aromatic carbocycles. The van der Waals surface area contributed by atoms with Crippen LogP contribution in [0.25, 0.3) is 11.1 Å². The van der Waals surface area contributed by atoms with E-state index in [9.17, 15) is 4.79 Å². The molecule has 0 spiro atoms. The van der Waals surface area contributed by atoms with E-state index in [0.29, 0.717) is 0 Å². The first kappa shape index (κ1) is 21.1. The second kappa shape index (κ2) is 9.36. The summed E-state index contributed by atoms with van der Waals surface area (Å²) in [6, 6.07) is 27.1. The van der Waals surface area contributed by atoms with Crippen molar-refractivity contribution in [3.8, 4) is 16.9 Å². The Bertz CT molecular complexity index is 1020. The van der Waals surface area contributed by atoms with Crippen LogP contribution in [0.5, 0.6) is 5.75 Å². The molecule has 0 atom stereocenters. The van der Waals surface area contributed by atoms with Gasteiger partial charge in [-0.05, 0) is 35.6 Å². The number of ether oxygens (including phenoxy) is 1. The number of hydrogen-bond acceptors (Lipinski definition) is 3. The molecule has 0 unspecified atom stereocenters. The van der Waals surface area contributed by atoms with Gasteiger partial charge in [0, 0.05) is 32.1 Å². The number of piperidine rings is 1. The first-order valence-electron chi connectivity index (χ1n) is 10.9. The number of methoxy groups -OCH3 is 1. The molecule has 31 heavy (non-hydrogen) atoms. The zero-order valence-corrected chi connectivity index (χ0v) is 18.3. The third kappa shape index (κ3) is 4.64. The van der Waals surface area contributed by atoms with E-state index in [1.165, 1.54) is 16.7 Å². The molecule has 1 aliphatic heterocycles. The average molecular weight is 415 g/mol. The summed E-state index contributed by atoms with van der Waals surface area (Å²) in [4.78, 5) is 14.5. The standard InChI is InChI=1S/C27H30N2O2/c1-21(30)28-27(23-11-4-3-5-12-23)16-18-29(19-17-27)20-22-10-6-7-13-24(22)25-14-8-9-15-26(25)31-2/h3-15H,16-20H2,1-2H3,(H,28,30). The van der Waals surface area contributed by atoms with Gasteiger partial charge in [0.15, 0.2) is 0 Å². The van der Waals surface area contributed by atoms with Crippen molar-refractivity contribution in [2.75, 3.05) is 20.2 Å². The number of carbonyl (C=O) groups is 1. The van der Waals surface area contributed by atoms with Crippen molar-refractivity contribution in [1.82, 2.24) is 10.2 Å². The third-order valence-corrected chi connectivity index (χ3v) is 6.26. The fraction of sp³-hybridized carbons (Fsp3) is 0.296. The summed E-state index contributed by atoms with van der Waals surface area (Å²) < 4.78 is 5.60. The highest BCUT2D eigenvalue weighted by molar-refractivity contribution is 5.74. The maximum absolute atomic E-state index is 12.0. The van der Waals surface area contributed by atoms with Crippen LogP contribution in [0.1, 0.15) is 30.9 Å². The van der Waals surface area contributed by atoms with E-state index >= 15 is 0 Å². The number of hydrogen-bond donors (Lipinski definition) is 1. The van der Waals surface area contributed by atoms with E-state index in [1.54, 1.807) is 14.0 Å². The molecule has 0 radical (unpaired) electrons. The van der Waals surface area contributed by atoms with Crippen LogP contribution in [0.15, 0.2) is 78.9 Å². The maximum atomic E-state index is 12.0. The number of nitrogens with one attached hydrogen (secondary N) is 1. The smallest absolute Gasteiger partial charge is 0.217 e. The molecular weight excluding hydrogens is 384 g/mol. The Kier molecular flexibility index (Phi) is 6.38. The average Bonchev–Trinajstić information content (AvgIpc) is 2.81. The molecule has 4 rings (SSSR count). The number of likely N-dealkylation sites (tertiary alicyclic amines) is 1. The van der Waals surface area contributed by atoms with Crippen LogP contribution < -0.4 is 10.1 Å². The Morgan fingerprint density at radius 2 is 1.52 bits per heavy atom. The highest BCUT2D eigenvalue weighted by atomic mass is 16.5. The first-order valence-corrected chi connectivity index (χ1v) is 10.9. The zero-order chi connectivity index (χ0) is 21.7. The number of para-hydroxylation sites is 1. The van der Waals surface area contributed by atoms with Crippen LogP contribution in [0.2, 0.25) is 0 Å². The summed E-state index contributed by atoms with van der Waals surface area (Å²) in [5, 5.41) is 3.27. The lowest BCUT2D eigenvalue weighted by molar-refractivity contribution is -0.121. The monoisotopic (exact) mass is 414 g/mol. The highest BCUT2D eigenvalue weighted by Crippen LogP contribution is 2.36. The van der Waals surface area contributed by atoms with Crippen molar-refractivity contribution in [1.29, 1.82) is 0 Å². The molecule has 0 saturated carbocycles. The van der Waals surface area contributed by atoms with Gasteiger partial charge in [-0.15, -0.1) is 0 Å². The number of benzene rings is 3. The number of carbonyl (C=O) groups excluding carboxylic acids is 1. The molecule has 1 N–H and O–H groups in total. The van der Waals surface area contributed by atoms with Crippen LogP contribution in [0.4, 0.5) is 0 Å². The molecular formula is C27H30N2O2. The van der Waals surface area contributed by atoms with E-state index in [1.807, 2.05) is 18.2 Å². The van der Waals surface area contributed by atoms with Gasteiger partial charge in [-0.25, -0.2) is 0 Å². The number of amides is 1. The molecule has 1 saturated heterocycles. The molecule has 1 amide bonds.